The maximum atomic E-state index is 12.9. The highest BCUT2D eigenvalue weighted by Gasteiger charge is 2.13. The Hall–Kier alpha value is -4.23. The van der Waals surface area contributed by atoms with E-state index in [0.29, 0.717) is 45.5 Å². The lowest BCUT2D eigenvalue weighted by molar-refractivity contribution is 0.101. The molecule has 4 aromatic rings. The molecule has 0 saturated carbocycles. The van der Waals surface area contributed by atoms with Crippen molar-refractivity contribution in [3.63, 3.8) is 0 Å². The highest BCUT2D eigenvalue weighted by molar-refractivity contribution is 6.31. The minimum Gasteiger partial charge on any atom is -0.399 e. The third-order valence-corrected chi connectivity index (χ3v) is 5.34. The number of hydrogen-bond donors (Lipinski definition) is 3. The van der Waals surface area contributed by atoms with E-state index >= 15 is 0 Å². The minimum absolute atomic E-state index is 0.318. The molecule has 4 N–H and O–H groups in total. The van der Waals surface area contributed by atoms with Gasteiger partial charge in [-0.3, -0.25) is 9.59 Å². The number of aryl methyl sites for hydroxylation is 1. The van der Waals surface area contributed by atoms with Crippen LogP contribution in [0.15, 0.2) is 79.1 Å². The molecule has 0 aliphatic rings. The van der Waals surface area contributed by atoms with Crippen LogP contribution in [0.25, 0.3) is 0 Å². The molecule has 0 aliphatic heterocycles. The Balaban J connectivity index is 1.44. The van der Waals surface area contributed by atoms with Gasteiger partial charge in [-0.1, -0.05) is 35.9 Å². The van der Waals surface area contributed by atoms with E-state index < -0.39 is 0 Å². The van der Waals surface area contributed by atoms with E-state index in [2.05, 4.69) is 20.6 Å². The topological polar surface area (TPSA) is 110 Å². The van der Waals surface area contributed by atoms with E-state index in [1.165, 1.54) is 0 Å². The van der Waals surface area contributed by atoms with Crippen molar-refractivity contribution < 1.29 is 9.59 Å². The Labute approximate surface area is 202 Å². The molecule has 0 bridgehead atoms. The molecule has 1 aromatic heterocycles. The van der Waals surface area contributed by atoms with Gasteiger partial charge in [0.2, 0.25) is 0 Å². The molecule has 0 radical (unpaired) electrons. The maximum absolute atomic E-state index is 12.9. The number of anilines is 3. The first-order valence-electron chi connectivity index (χ1n) is 10.5. The Morgan fingerprint density at radius 2 is 1.62 bits per heavy atom. The minimum atomic E-state index is -0.330. The largest absolute Gasteiger partial charge is 0.399 e. The lowest BCUT2D eigenvalue weighted by atomic mass is 10.1. The molecule has 4 rings (SSSR count). The number of nitrogen functional groups attached to an aromatic ring is 1. The SMILES string of the molecule is Cc1ccc(NC(=O)c2cccc(Cl)c2)cc1C(=O)Nc1cnc(Cc2cccc(N)c2)nc1. The molecular weight excluding hydrogens is 450 g/mol. The van der Waals surface area contributed by atoms with Gasteiger partial charge in [0.1, 0.15) is 5.82 Å². The molecule has 3 aromatic carbocycles. The van der Waals surface area contributed by atoms with Crippen molar-refractivity contribution in [1.29, 1.82) is 0 Å². The molecular formula is C26H22ClN5O2. The average Bonchev–Trinajstić information content (AvgIpc) is 2.81. The second-order valence-electron chi connectivity index (χ2n) is 7.76. The molecule has 0 unspecified atom stereocenters. The van der Waals surface area contributed by atoms with Gasteiger partial charge in [-0.25, -0.2) is 9.97 Å². The molecule has 0 fully saturated rings. The van der Waals surface area contributed by atoms with Gasteiger partial charge in [0.25, 0.3) is 11.8 Å². The third-order valence-electron chi connectivity index (χ3n) is 5.10. The predicted octanol–water partition coefficient (Wildman–Crippen LogP) is 5.12. The zero-order valence-electron chi connectivity index (χ0n) is 18.4. The van der Waals surface area contributed by atoms with E-state index in [4.69, 9.17) is 17.3 Å². The fraction of sp³-hybridized carbons (Fsp3) is 0.0769. The van der Waals surface area contributed by atoms with Crippen molar-refractivity contribution in [1.82, 2.24) is 9.97 Å². The lowest BCUT2D eigenvalue weighted by Crippen LogP contribution is -2.16. The van der Waals surface area contributed by atoms with Crippen molar-refractivity contribution in [2.45, 2.75) is 13.3 Å². The quantitative estimate of drug-likeness (QED) is 0.338. The molecule has 0 saturated heterocycles. The summed E-state index contributed by atoms with van der Waals surface area (Å²) in [6.07, 6.45) is 3.66. The second kappa shape index (κ2) is 10.1. The van der Waals surface area contributed by atoms with E-state index in [9.17, 15) is 9.59 Å². The van der Waals surface area contributed by atoms with Crippen LogP contribution in [-0.4, -0.2) is 21.8 Å². The number of carbonyl (C=O) groups excluding carboxylic acids is 2. The zero-order chi connectivity index (χ0) is 24.1. The number of carbonyl (C=O) groups is 2. The number of benzene rings is 3. The Morgan fingerprint density at radius 3 is 2.35 bits per heavy atom. The molecule has 0 spiro atoms. The van der Waals surface area contributed by atoms with Gasteiger partial charge in [0.15, 0.2) is 0 Å². The number of rotatable bonds is 6. The molecule has 7 nitrogen and oxygen atoms in total. The smallest absolute Gasteiger partial charge is 0.256 e. The standard InChI is InChI=1S/C26H22ClN5O2/c1-16-8-9-21(31-25(33)18-5-3-6-19(27)12-18)13-23(16)26(34)32-22-14-29-24(30-15-22)11-17-4-2-7-20(28)10-17/h2-10,12-15H,11,28H2,1H3,(H,31,33)(H,32,34). The second-order valence-corrected chi connectivity index (χ2v) is 8.19. The number of hydrogen-bond acceptors (Lipinski definition) is 5. The monoisotopic (exact) mass is 471 g/mol. The number of nitrogens with zero attached hydrogens (tertiary/aromatic N) is 2. The molecule has 34 heavy (non-hydrogen) atoms. The van der Waals surface area contributed by atoms with Gasteiger partial charge >= 0.3 is 0 Å². The first-order chi connectivity index (χ1) is 16.4. The van der Waals surface area contributed by atoms with Crippen molar-refractivity contribution in [2.24, 2.45) is 0 Å². The number of nitrogens with one attached hydrogen (secondary N) is 2. The van der Waals surface area contributed by atoms with E-state index in [-0.39, 0.29) is 11.8 Å². The molecule has 170 valence electrons. The van der Waals surface area contributed by atoms with Crippen LogP contribution in [0.2, 0.25) is 5.02 Å². The van der Waals surface area contributed by atoms with Crippen LogP contribution in [0.4, 0.5) is 17.1 Å². The summed E-state index contributed by atoms with van der Waals surface area (Å²) < 4.78 is 0. The van der Waals surface area contributed by atoms with Crippen LogP contribution >= 0.6 is 11.6 Å². The van der Waals surface area contributed by atoms with E-state index in [1.807, 2.05) is 31.2 Å². The van der Waals surface area contributed by atoms with Crippen LogP contribution in [0.5, 0.6) is 0 Å². The van der Waals surface area contributed by atoms with Crippen LogP contribution in [0.1, 0.15) is 37.7 Å². The summed E-state index contributed by atoms with van der Waals surface area (Å²) >= 11 is 5.96. The summed E-state index contributed by atoms with van der Waals surface area (Å²) in [5, 5.41) is 6.07. The van der Waals surface area contributed by atoms with Gasteiger partial charge < -0.3 is 16.4 Å². The summed E-state index contributed by atoms with van der Waals surface area (Å²) in [5.74, 6) is -0.0316. The highest BCUT2D eigenvalue weighted by Crippen LogP contribution is 2.19. The van der Waals surface area contributed by atoms with Crippen LogP contribution in [0, 0.1) is 6.92 Å². The Morgan fingerprint density at radius 1 is 0.882 bits per heavy atom. The summed E-state index contributed by atoms with van der Waals surface area (Å²) in [6.45, 7) is 1.82. The van der Waals surface area contributed by atoms with E-state index in [1.54, 1.807) is 54.9 Å². The van der Waals surface area contributed by atoms with Crippen molar-refractivity contribution >= 4 is 40.5 Å². The fourth-order valence-corrected chi connectivity index (χ4v) is 3.56. The number of aromatic nitrogens is 2. The van der Waals surface area contributed by atoms with Crippen molar-refractivity contribution in [3.8, 4) is 0 Å². The van der Waals surface area contributed by atoms with Crippen LogP contribution in [-0.2, 0) is 6.42 Å². The third kappa shape index (κ3) is 5.76. The van der Waals surface area contributed by atoms with Crippen molar-refractivity contribution in [2.75, 3.05) is 16.4 Å². The van der Waals surface area contributed by atoms with Crippen LogP contribution < -0.4 is 16.4 Å². The molecule has 1 heterocycles. The average molecular weight is 472 g/mol. The number of nitrogens with two attached hydrogens (primary N) is 1. The summed E-state index contributed by atoms with van der Waals surface area (Å²) in [6, 6.07) is 19.3. The van der Waals surface area contributed by atoms with Crippen LogP contribution in [0.3, 0.4) is 0 Å². The molecule has 8 heteroatoms. The molecule has 0 aliphatic carbocycles. The maximum Gasteiger partial charge on any atom is 0.256 e. The summed E-state index contributed by atoms with van der Waals surface area (Å²) in [7, 11) is 0. The zero-order valence-corrected chi connectivity index (χ0v) is 19.1. The molecule has 2 amide bonds. The highest BCUT2D eigenvalue weighted by atomic mass is 35.5. The van der Waals surface area contributed by atoms with Gasteiger partial charge in [-0.15, -0.1) is 0 Å². The fourth-order valence-electron chi connectivity index (χ4n) is 3.37. The summed E-state index contributed by atoms with van der Waals surface area (Å²) in [4.78, 5) is 34.1. The van der Waals surface area contributed by atoms with E-state index in [0.717, 1.165) is 11.1 Å². The van der Waals surface area contributed by atoms with Gasteiger partial charge in [-0.05, 0) is 60.5 Å². The normalized spacial score (nSPS) is 10.5. The first-order valence-corrected chi connectivity index (χ1v) is 10.9. The molecule has 0 atom stereocenters. The van der Waals surface area contributed by atoms with Crippen molar-refractivity contribution in [3.05, 3.63) is 112 Å². The number of halogens is 1. The first kappa shape index (κ1) is 22.9. The summed E-state index contributed by atoms with van der Waals surface area (Å²) in [5.41, 5.74) is 10.1. The lowest BCUT2D eigenvalue weighted by Gasteiger charge is -2.11. The van der Waals surface area contributed by atoms with Gasteiger partial charge in [0, 0.05) is 33.9 Å². The van der Waals surface area contributed by atoms with Gasteiger partial charge in [-0.2, -0.15) is 0 Å². The Kier molecular flexibility index (Phi) is 6.85. The predicted molar refractivity (Wildman–Crippen MR) is 134 cm³/mol. The Bertz CT molecular complexity index is 1360. The van der Waals surface area contributed by atoms with Gasteiger partial charge in [0.05, 0.1) is 18.1 Å². The number of amides is 2.